The molecule has 33 heavy (non-hydrogen) atoms. The van der Waals surface area contributed by atoms with Crippen LogP contribution in [0.3, 0.4) is 0 Å². The molecule has 0 radical (unpaired) electrons. The van der Waals surface area contributed by atoms with Gasteiger partial charge in [-0.25, -0.2) is 0 Å². The summed E-state index contributed by atoms with van der Waals surface area (Å²) in [5, 5.41) is 0. The average molecular weight is 443 g/mol. The van der Waals surface area contributed by atoms with Gasteiger partial charge in [-0.15, -0.1) is 0 Å². The first-order chi connectivity index (χ1) is 15.9. The molecule has 0 aliphatic carbocycles. The highest BCUT2D eigenvalue weighted by Gasteiger charge is 2.34. The molecule has 0 aromatic heterocycles. The van der Waals surface area contributed by atoms with E-state index < -0.39 is 0 Å². The third-order valence-corrected chi connectivity index (χ3v) is 5.00. The first-order valence-corrected chi connectivity index (χ1v) is 12.3. The van der Waals surface area contributed by atoms with Crippen LogP contribution in [-0.4, -0.2) is 0 Å². The number of aryl methyl sites for hydroxylation is 2. The van der Waals surface area contributed by atoms with Crippen LogP contribution in [0.15, 0.2) is 109 Å². The quantitative estimate of drug-likeness (QED) is 0.295. The van der Waals surface area contributed by atoms with E-state index in [1.807, 2.05) is 13.0 Å². The zero-order valence-corrected chi connectivity index (χ0v) is 22.4. The van der Waals surface area contributed by atoms with Crippen LogP contribution in [0, 0.1) is 13.8 Å². The Kier molecular flexibility index (Phi) is 16.1. The zero-order chi connectivity index (χ0) is 25.1. The van der Waals surface area contributed by atoms with Gasteiger partial charge in [-0.3, -0.25) is 0 Å². The minimum absolute atomic E-state index is 0.336. The van der Waals surface area contributed by atoms with Crippen molar-refractivity contribution in [3.05, 3.63) is 132 Å². The molecule has 2 rings (SSSR count). The van der Waals surface area contributed by atoms with Gasteiger partial charge in [0.15, 0.2) is 0 Å². The second-order valence-corrected chi connectivity index (χ2v) is 8.08. The van der Waals surface area contributed by atoms with Gasteiger partial charge in [-0.1, -0.05) is 142 Å². The molecule has 0 aliphatic rings. The lowest BCUT2D eigenvalue weighted by molar-refractivity contribution is 0.774. The first kappa shape index (κ1) is 30.1. The van der Waals surface area contributed by atoms with Gasteiger partial charge in [0.1, 0.15) is 0 Å². The maximum absolute atomic E-state index is 3.94. The SMILES string of the molecule is C/C=C\CC.C=C/C=C(\C=C/C)C(/C=C/C)(c1ccc(C)cc1)c1ccc(C)cc1.CCC. The van der Waals surface area contributed by atoms with Gasteiger partial charge in [0.05, 0.1) is 5.41 Å². The Bertz CT molecular complexity index is 839. The Morgan fingerprint density at radius 2 is 1.21 bits per heavy atom. The fraction of sp³-hybridized carbons (Fsp3) is 0.333. The van der Waals surface area contributed by atoms with Gasteiger partial charge < -0.3 is 0 Å². The summed E-state index contributed by atoms with van der Waals surface area (Å²) in [7, 11) is 0. The summed E-state index contributed by atoms with van der Waals surface area (Å²) < 4.78 is 0. The Balaban J connectivity index is 0.00000111. The fourth-order valence-electron chi connectivity index (χ4n) is 3.53. The number of benzene rings is 2. The van der Waals surface area contributed by atoms with Gasteiger partial charge >= 0.3 is 0 Å². The molecular formula is C33H46. The summed E-state index contributed by atoms with van der Waals surface area (Å²) in [6, 6.07) is 17.7. The standard InChI is InChI=1S/C25H28.C5H10.C3H8/c1-6-9-22(10-7-2)25(19-8-3,23-15-11-20(4)12-16-23)24-17-13-21(5)14-18-24;1-3-5-4-2;1-3-2/h6-19H,1H2,2-5H3;3,5H,4H2,1-2H3;3H2,1-2H3/b10-7-,19-8+,22-9+;5-3-;. The summed E-state index contributed by atoms with van der Waals surface area (Å²) in [6.07, 6.45) is 19.3. The molecule has 0 nitrogen and oxygen atoms in total. The minimum atomic E-state index is -0.336. The Labute approximate surface area is 205 Å². The molecule has 2 aromatic carbocycles. The number of allylic oxidation sites excluding steroid dienone is 9. The maximum Gasteiger partial charge on any atom is 0.0631 e. The highest BCUT2D eigenvalue weighted by atomic mass is 14.4. The van der Waals surface area contributed by atoms with Crippen LogP contribution in [0.25, 0.3) is 0 Å². The van der Waals surface area contributed by atoms with Crippen molar-refractivity contribution >= 4 is 0 Å². The van der Waals surface area contributed by atoms with Crippen LogP contribution < -0.4 is 0 Å². The van der Waals surface area contributed by atoms with Crippen LogP contribution in [-0.2, 0) is 5.41 Å². The highest BCUT2D eigenvalue weighted by Crippen LogP contribution is 2.42. The van der Waals surface area contributed by atoms with E-state index in [0.29, 0.717) is 0 Å². The largest absolute Gasteiger partial charge is 0.0991 e. The maximum atomic E-state index is 3.94. The van der Waals surface area contributed by atoms with Gasteiger partial charge in [0, 0.05) is 0 Å². The van der Waals surface area contributed by atoms with Crippen molar-refractivity contribution in [2.24, 2.45) is 0 Å². The number of rotatable bonds is 7. The van der Waals surface area contributed by atoms with Crippen molar-refractivity contribution in [2.45, 2.75) is 73.6 Å². The van der Waals surface area contributed by atoms with Crippen molar-refractivity contribution in [1.82, 2.24) is 0 Å². The van der Waals surface area contributed by atoms with Crippen molar-refractivity contribution in [1.29, 1.82) is 0 Å². The Morgan fingerprint density at radius 3 is 1.48 bits per heavy atom. The smallest absolute Gasteiger partial charge is 0.0631 e. The molecule has 0 saturated carbocycles. The lowest BCUT2D eigenvalue weighted by atomic mass is 9.68. The molecule has 0 aliphatic heterocycles. The minimum Gasteiger partial charge on any atom is -0.0991 e. The Hall–Kier alpha value is -2.86. The molecule has 0 bridgehead atoms. The van der Waals surface area contributed by atoms with E-state index in [-0.39, 0.29) is 5.41 Å². The summed E-state index contributed by atoms with van der Waals surface area (Å²) in [6.45, 7) is 20.7. The molecule has 0 amide bonds. The predicted molar refractivity (Wildman–Crippen MR) is 152 cm³/mol. The summed E-state index contributed by atoms with van der Waals surface area (Å²) >= 11 is 0. The monoisotopic (exact) mass is 442 g/mol. The predicted octanol–water partition coefficient (Wildman–Crippen LogP) is 10.2. The van der Waals surface area contributed by atoms with E-state index in [1.165, 1.54) is 34.2 Å². The van der Waals surface area contributed by atoms with Crippen molar-refractivity contribution < 1.29 is 0 Å². The van der Waals surface area contributed by atoms with Gasteiger partial charge in [0.2, 0.25) is 0 Å². The summed E-state index contributed by atoms with van der Waals surface area (Å²) in [5.41, 5.74) is 5.91. The number of hydrogen-bond donors (Lipinski definition) is 0. The molecule has 0 fully saturated rings. The van der Waals surface area contributed by atoms with E-state index in [0.717, 1.165) is 6.42 Å². The summed E-state index contributed by atoms with van der Waals surface area (Å²) in [4.78, 5) is 0. The van der Waals surface area contributed by atoms with Gasteiger partial charge in [-0.2, -0.15) is 0 Å². The van der Waals surface area contributed by atoms with Crippen LogP contribution >= 0.6 is 0 Å². The topological polar surface area (TPSA) is 0 Å². The third kappa shape index (κ3) is 9.66. The van der Waals surface area contributed by atoms with Crippen LogP contribution in [0.5, 0.6) is 0 Å². The second-order valence-electron chi connectivity index (χ2n) is 8.08. The molecule has 2 aromatic rings. The third-order valence-electron chi connectivity index (χ3n) is 5.00. The molecule has 178 valence electrons. The van der Waals surface area contributed by atoms with Crippen molar-refractivity contribution in [3.63, 3.8) is 0 Å². The van der Waals surface area contributed by atoms with E-state index in [2.05, 4.69) is 146 Å². The molecule has 0 unspecified atom stereocenters. The van der Waals surface area contributed by atoms with E-state index in [9.17, 15) is 0 Å². The van der Waals surface area contributed by atoms with E-state index in [1.54, 1.807) is 0 Å². The lowest BCUT2D eigenvalue weighted by Crippen LogP contribution is -2.27. The molecule has 0 N–H and O–H groups in total. The van der Waals surface area contributed by atoms with Crippen LogP contribution in [0.1, 0.15) is 76.6 Å². The molecule has 0 atom stereocenters. The molecule has 0 heteroatoms. The van der Waals surface area contributed by atoms with E-state index in [4.69, 9.17) is 0 Å². The second kappa shape index (κ2) is 17.7. The van der Waals surface area contributed by atoms with Crippen LogP contribution in [0.4, 0.5) is 0 Å². The Morgan fingerprint density at radius 1 is 0.758 bits per heavy atom. The molecular weight excluding hydrogens is 396 g/mol. The normalized spacial score (nSPS) is 11.8. The fourth-order valence-corrected chi connectivity index (χ4v) is 3.53. The zero-order valence-electron chi connectivity index (χ0n) is 22.4. The highest BCUT2D eigenvalue weighted by molar-refractivity contribution is 5.58. The molecule has 0 heterocycles. The van der Waals surface area contributed by atoms with Crippen molar-refractivity contribution in [3.8, 4) is 0 Å². The van der Waals surface area contributed by atoms with Crippen molar-refractivity contribution in [2.75, 3.05) is 0 Å². The van der Waals surface area contributed by atoms with Gasteiger partial charge in [0.25, 0.3) is 0 Å². The molecule has 0 spiro atoms. The van der Waals surface area contributed by atoms with E-state index >= 15 is 0 Å². The average Bonchev–Trinajstić information content (AvgIpc) is 2.80. The molecule has 0 saturated heterocycles. The number of hydrogen-bond acceptors (Lipinski definition) is 0. The lowest BCUT2D eigenvalue weighted by Gasteiger charge is -2.34. The van der Waals surface area contributed by atoms with Crippen LogP contribution in [0.2, 0.25) is 0 Å². The summed E-state index contributed by atoms with van der Waals surface area (Å²) in [5.74, 6) is 0. The van der Waals surface area contributed by atoms with Gasteiger partial charge in [-0.05, 0) is 57.7 Å². The first-order valence-electron chi connectivity index (χ1n) is 12.3.